The van der Waals surface area contributed by atoms with E-state index in [9.17, 15) is 5.11 Å². The predicted molar refractivity (Wildman–Crippen MR) is 104 cm³/mol. The largest absolute Gasteiger partial charge is 0.497 e. The zero-order valence-corrected chi connectivity index (χ0v) is 15.7. The molecular weight excluding hydrogens is 348 g/mol. The standard InChI is InChI=1S/C21H24ClN2O2/c1-26-19-12-10-18(11-13-19)23-15-21(25,16-6-8-17(22)9-7-16)24-14-4-2-3-5-20(23)24/h6-13,25H,2-5,14-15H2,1H3/q+1. The molecule has 0 saturated heterocycles. The van der Waals surface area contributed by atoms with Gasteiger partial charge >= 0.3 is 0 Å². The zero-order valence-electron chi connectivity index (χ0n) is 15.0. The van der Waals surface area contributed by atoms with Crippen LogP contribution in [0.3, 0.4) is 0 Å². The van der Waals surface area contributed by atoms with E-state index in [1.54, 1.807) is 7.11 Å². The van der Waals surface area contributed by atoms with E-state index in [4.69, 9.17) is 16.3 Å². The minimum Gasteiger partial charge on any atom is -0.497 e. The Morgan fingerprint density at radius 1 is 1.04 bits per heavy atom. The van der Waals surface area contributed by atoms with Crippen molar-refractivity contribution >= 4 is 23.1 Å². The van der Waals surface area contributed by atoms with E-state index >= 15 is 0 Å². The van der Waals surface area contributed by atoms with Crippen molar-refractivity contribution in [3.63, 3.8) is 0 Å². The molecule has 0 aliphatic carbocycles. The van der Waals surface area contributed by atoms with Crippen LogP contribution in [0.2, 0.25) is 5.02 Å². The number of ether oxygens (including phenoxy) is 1. The summed E-state index contributed by atoms with van der Waals surface area (Å²) in [4.78, 5) is 2.25. The fourth-order valence-electron chi connectivity index (χ4n) is 4.04. The highest BCUT2D eigenvalue weighted by molar-refractivity contribution is 6.30. The van der Waals surface area contributed by atoms with Crippen molar-refractivity contribution in [3.8, 4) is 5.75 Å². The molecule has 0 spiro atoms. The molecule has 1 N–H and O–H groups in total. The highest BCUT2D eigenvalue weighted by Crippen LogP contribution is 2.36. The van der Waals surface area contributed by atoms with Crippen LogP contribution < -0.4 is 9.64 Å². The molecule has 2 heterocycles. The minimum atomic E-state index is -1.04. The van der Waals surface area contributed by atoms with Crippen LogP contribution in [-0.4, -0.2) is 35.7 Å². The van der Waals surface area contributed by atoms with Crippen LogP contribution in [0.25, 0.3) is 0 Å². The number of β-amino-alcohol motifs (C(OH)–C–C–N with tert-alkyl or cyclic N) is 1. The molecule has 2 aromatic carbocycles. The van der Waals surface area contributed by atoms with E-state index in [1.165, 1.54) is 12.3 Å². The second kappa shape index (κ2) is 6.93. The number of anilines is 1. The zero-order chi connectivity index (χ0) is 18.1. The summed E-state index contributed by atoms with van der Waals surface area (Å²) < 4.78 is 7.47. The number of rotatable bonds is 3. The van der Waals surface area contributed by atoms with Gasteiger partial charge in [-0.1, -0.05) is 23.7 Å². The van der Waals surface area contributed by atoms with Crippen LogP contribution in [-0.2, 0) is 5.72 Å². The van der Waals surface area contributed by atoms with Gasteiger partial charge in [0, 0.05) is 17.0 Å². The normalized spacial score (nSPS) is 23.0. The van der Waals surface area contributed by atoms with Crippen LogP contribution in [0.4, 0.5) is 5.69 Å². The summed E-state index contributed by atoms with van der Waals surface area (Å²) in [5.41, 5.74) is 0.930. The molecule has 136 valence electrons. The molecule has 0 aromatic heterocycles. The van der Waals surface area contributed by atoms with Gasteiger partial charge in [0.2, 0.25) is 0 Å². The summed E-state index contributed by atoms with van der Waals surface area (Å²) in [7, 11) is 1.67. The number of nitrogens with zero attached hydrogens (tertiary/aromatic N) is 2. The Bertz CT molecular complexity index is 817. The third-order valence-electron chi connectivity index (χ3n) is 5.42. The maximum absolute atomic E-state index is 11.7. The fraction of sp³-hybridized carbons (Fsp3) is 0.381. The first-order valence-electron chi connectivity index (χ1n) is 9.15. The van der Waals surface area contributed by atoms with E-state index in [2.05, 4.69) is 21.6 Å². The second-order valence-electron chi connectivity index (χ2n) is 6.99. The molecule has 2 aromatic rings. The molecule has 2 aliphatic heterocycles. The maximum Gasteiger partial charge on any atom is 0.271 e. The molecule has 4 nitrogen and oxygen atoms in total. The Hall–Kier alpha value is -2.04. The summed E-state index contributed by atoms with van der Waals surface area (Å²) >= 11 is 6.06. The minimum absolute atomic E-state index is 0.510. The maximum atomic E-state index is 11.7. The second-order valence-corrected chi connectivity index (χ2v) is 7.42. The molecule has 5 heteroatoms. The third-order valence-corrected chi connectivity index (χ3v) is 5.67. The quantitative estimate of drug-likeness (QED) is 0.828. The van der Waals surface area contributed by atoms with Crippen LogP contribution in [0.5, 0.6) is 5.75 Å². The summed E-state index contributed by atoms with van der Waals surface area (Å²) in [5.74, 6) is 2.04. The number of methoxy groups -OCH3 is 1. The van der Waals surface area contributed by atoms with Gasteiger partial charge in [0.05, 0.1) is 13.7 Å². The summed E-state index contributed by atoms with van der Waals surface area (Å²) in [6, 6.07) is 15.6. The number of halogens is 1. The van der Waals surface area contributed by atoms with Gasteiger partial charge in [0.15, 0.2) is 6.54 Å². The highest BCUT2D eigenvalue weighted by atomic mass is 35.5. The van der Waals surface area contributed by atoms with E-state index < -0.39 is 5.72 Å². The van der Waals surface area contributed by atoms with E-state index in [0.717, 1.165) is 42.8 Å². The molecule has 0 amide bonds. The van der Waals surface area contributed by atoms with Crippen molar-refractivity contribution in [2.24, 2.45) is 0 Å². The number of aliphatic hydroxyl groups is 1. The summed E-state index contributed by atoms with van der Waals surface area (Å²) in [6.07, 6.45) is 4.40. The van der Waals surface area contributed by atoms with Gasteiger partial charge in [-0.25, -0.2) is 9.48 Å². The van der Waals surface area contributed by atoms with Crippen molar-refractivity contribution < 1.29 is 14.4 Å². The van der Waals surface area contributed by atoms with E-state index in [0.29, 0.717) is 11.6 Å². The van der Waals surface area contributed by atoms with Crippen LogP contribution in [0.15, 0.2) is 48.5 Å². The first kappa shape index (κ1) is 17.4. The Balaban J connectivity index is 1.77. The molecule has 4 rings (SSSR count). The number of amidine groups is 1. The van der Waals surface area contributed by atoms with Crippen molar-refractivity contribution in [3.05, 3.63) is 59.1 Å². The first-order valence-corrected chi connectivity index (χ1v) is 9.53. The van der Waals surface area contributed by atoms with Crippen LogP contribution in [0, 0.1) is 0 Å². The molecule has 1 unspecified atom stereocenters. The summed E-state index contributed by atoms with van der Waals surface area (Å²) in [5, 5.41) is 12.4. The summed E-state index contributed by atoms with van der Waals surface area (Å²) in [6.45, 7) is 1.37. The van der Waals surface area contributed by atoms with Gasteiger partial charge in [-0.05, 0) is 55.7 Å². The Morgan fingerprint density at radius 3 is 2.46 bits per heavy atom. The molecule has 26 heavy (non-hydrogen) atoms. The Labute approximate surface area is 159 Å². The fourth-order valence-corrected chi connectivity index (χ4v) is 4.16. The molecule has 1 atom stereocenters. The predicted octanol–water partition coefficient (Wildman–Crippen LogP) is 4.00. The topological polar surface area (TPSA) is 35.7 Å². The Morgan fingerprint density at radius 2 is 1.77 bits per heavy atom. The first-order chi connectivity index (χ1) is 12.6. The Kier molecular flexibility index (Phi) is 4.63. The smallest absolute Gasteiger partial charge is 0.271 e. The van der Waals surface area contributed by atoms with Gasteiger partial charge in [0.1, 0.15) is 11.4 Å². The van der Waals surface area contributed by atoms with Gasteiger partial charge in [-0.2, -0.15) is 0 Å². The number of benzene rings is 2. The van der Waals surface area contributed by atoms with Crippen molar-refractivity contribution in [1.82, 2.24) is 0 Å². The SMILES string of the molecule is COc1ccc(N2CC(O)(c3ccc(Cl)cc3)[N+]3=C2CCCCC3)cc1. The average molecular weight is 372 g/mol. The molecule has 0 radical (unpaired) electrons. The van der Waals surface area contributed by atoms with Gasteiger partial charge in [0.25, 0.3) is 11.6 Å². The molecule has 0 fully saturated rings. The average Bonchev–Trinajstić information content (AvgIpc) is 2.82. The van der Waals surface area contributed by atoms with Gasteiger partial charge in [-0.3, -0.25) is 0 Å². The van der Waals surface area contributed by atoms with E-state index in [1.807, 2.05) is 36.4 Å². The van der Waals surface area contributed by atoms with Crippen molar-refractivity contribution in [2.75, 3.05) is 25.1 Å². The number of hydrogen-bond acceptors (Lipinski definition) is 3. The lowest BCUT2D eigenvalue weighted by Gasteiger charge is -2.23. The third kappa shape index (κ3) is 2.97. The van der Waals surface area contributed by atoms with Gasteiger partial charge in [-0.15, -0.1) is 0 Å². The van der Waals surface area contributed by atoms with Crippen LogP contribution in [0.1, 0.15) is 31.2 Å². The van der Waals surface area contributed by atoms with Crippen LogP contribution >= 0.6 is 11.6 Å². The lowest BCUT2D eigenvalue weighted by molar-refractivity contribution is -0.658. The molecule has 2 aliphatic rings. The monoisotopic (exact) mass is 371 g/mol. The lowest BCUT2D eigenvalue weighted by atomic mass is 10.0. The van der Waals surface area contributed by atoms with Gasteiger partial charge < -0.3 is 9.84 Å². The van der Waals surface area contributed by atoms with Crippen molar-refractivity contribution in [1.29, 1.82) is 0 Å². The van der Waals surface area contributed by atoms with E-state index in [-0.39, 0.29) is 0 Å². The molecule has 0 saturated carbocycles. The molecular formula is C21H24ClN2O2+. The lowest BCUT2D eigenvalue weighted by Crippen LogP contribution is -2.41. The highest BCUT2D eigenvalue weighted by Gasteiger charge is 2.51. The van der Waals surface area contributed by atoms with Crippen molar-refractivity contribution in [2.45, 2.75) is 31.4 Å². The molecule has 0 bridgehead atoms. The number of hydrogen-bond donors (Lipinski definition) is 1.